The number of carbonyl (C=O) groups is 1. The number of esters is 1. The topological polar surface area (TPSA) is 60.5 Å². The van der Waals surface area contributed by atoms with E-state index in [9.17, 15) is 4.79 Å². The van der Waals surface area contributed by atoms with E-state index in [4.69, 9.17) is 9.47 Å². The first-order chi connectivity index (χ1) is 12.7. The number of hydrogen-bond donors (Lipinski definition) is 1. The lowest BCUT2D eigenvalue weighted by Crippen LogP contribution is -2.36. The smallest absolute Gasteiger partial charge is 0.339 e. The zero-order valence-electron chi connectivity index (χ0n) is 15.5. The summed E-state index contributed by atoms with van der Waals surface area (Å²) in [7, 11) is 3.11. The van der Waals surface area contributed by atoms with Gasteiger partial charge in [-0.3, -0.25) is 4.98 Å². The second-order valence-electron chi connectivity index (χ2n) is 6.82. The predicted molar refractivity (Wildman–Crippen MR) is 100 cm³/mol. The van der Waals surface area contributed by atoms with Crippen molar-refractivity contribution in [1.82, 2.24) is 10.3 Å². The van der Waals surface area contributed by atoms with Crippen LogP contribution in [-0.4, -0.2) is 31.7 Å². The van der Waals surface area contributed by atoms with Gasteiger partial charge in [-0.1, -0.05) is 31.0 Å². The molecule has 1 fully saturated rings. The van der Waals surface area contributed by atoms with Crippen molar-refractivity contribution in [2.45, 2.75) is 37.6 Å². The van der Waals surface area contributed by atoms with Crippen LogP contribution in [0.3, 0.4) is 0 Å². The molecular weight excluding hydrogens is 328 g/mol. The van der Waals surface area contributed by atoms with Crippen LogP contribution in [0.4, 0.5) is 0 Å². The van der Waals surface area contributed by atoms with E-state index in [2.05, 4.69) is 22.4 Å². The lowest BCUT2D eigenvalue weighted by molar-refractivity contribution is 0.0600. The number of para-hydroxylation sites is 1. The van der Waals surface area contributed by atoms with E-state index in [1.54, 1.807) is 19.4 Å². The maximum atomic E-state index is 11.5. The van der Waals surface area contributed by atoms with E-state index in [1.807, 2.05) is 18.2 Å². The third-order valence-electron chi connectivity index (χ3n) is 5.25. The highest BCUT2D eigenvalue weighted by atomic mass is 16.5. The van der Waals surface area contributed by atoms with Crippen LogP contribution in [0.1, 0.15) is 47.3 Å². The molecule has 0 amide bonds. The molecule has 5 nitrogen and oxygen atoms in total. The van der Waals surface area contributed by atoms with Gasteiger partial charge in [0.05, 0.1) is 25.5 Å². The molecule has 1 N–H and O–H groups in total. The number of ether oxygens (including phenoxy) is 2. The van der Waals surface area contributed by atoms with Crippen LogP contribution in [0.15, 0.2) is 42.6 Å². The summed E-state index contributed by atoms with van der Waals surface area (Å²) in [6.45, 7) is 1.55. The molecule has 0 atom stereocenters. The predicted octanol–water partition coefficient (Wildman–Crippen LogP) is 3.48. The number of methoxy groups -OCH3 is 2. The van der Waals surface area contributed by atoms with E-state index in [1.165, 1.54) is 25.5 Å². The summed E-state index contributed by atoms with van der Waals surface area (Å²) in [6.07, 6.45) is 6.37. The molecule has 0 aliphatic heterocycles. The van der Waals surface area contributed by atoms with E-state index >= 15 is 0 Å². The van der Waals surface area contributed by atoms with Crippen LogP contribution in [0.2, 0.25) is 0 Å². The average Bonchev–Trinajstić information content (AvgIpc) is 3.17. The molecule has 2 aromatic rings. The van der Waals surface area contributed by atoms with Crippen LogP contribution in [0.25, 0.3) is 0 Å². The maximum absolute atomic E-state index is 11.5. The van der Waals surface area contributed by atoms with Gasteiger partial charge in [0.15, 0.2) is 0 Å². The molecule has 0 spiro atoms. The Morgan fingerprint density at radius 1 is 1.15 bits per heavy atom. The van der Waals surface area contributed by atoms with Crippen molar-refractivity contribution in [3.05, 3.63) is 59.4 Å². The molecule has 1 aromatic heterocycles. The molecule has 26 heavy (non-hydrogen) atoms. The fraction of sp³-hybridized carbons (Fsp3) is 0.429. The van der Waals surface area contributed by atoms with E-state index in [0.717, 1.165) is 30.8 Å². The third-order valence-corrected chi connectivity index (χ3v) is 5.25. The molecule has 3 rings (SSSR count). The van der Waals surface area contributed by atoms with Crippen molar-refractivity contribution in [3.8, 4) is 5.75 Å². The monoisotopic (exact) mass is 354 g/mol. The molecular formula is C21H26N2O3. The van der Waals surface area contributed by atoms with Crippen molar-refractivity contribution in [3.63, 3.8) is 0 Å². The Labute approximate surface area is 154 Å². The Morgan fingerprint density at radius 3 is 2.58 bits per heavy atom. The summed E-state index contributed by atoms with van der Waals surface area (Å²) in [5, 5.41) is 3.56. The van der Waals surface area contributed by atoms with Crippen molar-refractivity contribution in [2.24, 2.45) is 0 Å². The largest absolute Gasteiger partial charge is 0.496 e. The molecule has 0 bridgehead atoms. The highest BCUT2D eigenvalue weighted by Crippen LogP contribution is 2.44. The van der Waals surface area contributed by atoms with Crippen molar-refractivity contribution in [1.29, 1.82) is 0 Å². The lowest BCUT2D eigenvalue weighted by Gasteiger charge is -2.31. The molecule has 0 unspecified atom stereocenters. The van der Waals surface area contributed by atoms with Crippen molar-refractivity contribution >= 4 is 5.97 Å². The highest BCUT2D eigenvalue weighted by molar-refractivity contribution is 5.88. The second kappa shape index (κ2) is 8.32. The number of hydrogen-bond acceptors (Lipinski definition) is 5. The van der Waals surface area contributed by atoms with Gasteiger partial charge in [0.1, 0.15) is 5.75 Å². The van der Waals surface area contributed by atoms with Crippen LogP contribution in [0, 0.1) is 0 Å². The maximum Gasteiger partial charge on any atom is 0.339 e. The minimum absolute atomic E-state index is 0.110. The average molecular weight is 354 g/mol. The summed E-state index contributed by atoms with van der Waals surface area (Å²) >= 11 is 0. The van der Waals surface area contributed by atoms with Gasteiger partial charge in [-0.05, 0) is 31.0 Å². The zero-order chi connectivity index (χ0) is 18.4. The Kier molecular flexibility index (Phi) is 5.89. The Bertz CT molecular complexity index is 737. The summed E-state index contributed by atoms with van der Waals surface area (Å²) < 4.78 is 10.3. The molecule has 138 valence electrons. The highest BCUT2D eigenvalue weighted by Gasteiger charge is 2.37. The molecule has 1 heterocycles. The van der Waals surface area contributed by atoms with E-state index in [0.29, 0.717) is 12.1 Å². The molecule has 1 aliphatic carbocycles. The number of nitrogens with one attached hydrogen (secondary N) is 1. The summed E-state index contributed by atoms with van der Waals surface area (Å²) in [6, 6.07) is 12.0. The Hall–Kier alpha value is -2.40. The van der Waals surface area contributed by atoms with E-state index < -0.39 is 0 Å². The summed E-state index contributed by atoms with van der Waals surface area (Å²) in [4.78, 5) is 15.8. The van der Waals surface area contributed by atoms with Gasteiger partial charge in [0.25, 0.3) is 0 Å². The fourth-order valence-electron chi connectivity index (χ4n) is 3.87. The molecule has 1 aromatic carbocycles. The van der Waals surface area contributed by atoms with Crippen LogP contribution in [0.5, 0.6) is 5.75 Å². The van der Waals surface area contributed by atoms with Crippen LogP contribution >= 0.6 is 0 Å². The molecule has 1 saturated carbocycles. The first-order valence-corrected chi connectivity index (χ1v) is 9.06. The van der Waals surface area contributed by atoms with Gasteiger partial charge in [-0.15, -0.1) is 0 Å². The van der Waals surface area contributed by atoms with Gasteiger partial charge in [0.2, 0.25) is 0 Å². The quantitative estimate of drug-likeness (QED) is 0.772. The van der Waals surface area contributed by atoms with Gasteiger partial charge in [0, 0.05) is 30.3 Å². The van der Waals surface area contributed by atoms with Crippen LogP contribution < -0.4 is 10.1 Å². The zero-order valence-corrected chi connectivity index (χ0v) is 15.5. The lowest BCUT2D eigenvalue weighted by atomic mass is 9.78. The SMILES string of the molecule is COC(=O)c1ccc(CNCC2(c3ccccc3OC)CCCC2)nc1. The summed E-state index contributed by atoms with van der Waals surface area (Å²) in [5.41, 5.74) is 2.78. The van der Waals surface area contributed by atoms with Crippen LogP contribution in [-0.2, 0) is 16.7 Å². The Balaban J connectivity index is 1.67. The van der Waals surface area contributed by atoms with Gasteiger partial charge < -0.3 is 14.8 Å². The number of rotatable bonds is 7. The molecule has 0 radical (unpaired) electrons. The first kappa shape index (κ1) is 18.4. The number of pyridine rings is 1. The third kappa shape index (κ3) is 3.88. The number of benzene rings is 1. The normalized spacial score (nSPS) is 15.6. The standard InChI is InChI=1S/C21H26N2O3/c1-25-19-8-4-3-7-18(19)21(11-5-6-12-21)15-22-14-17-10-9-16(13-23-17)20(24)26-2/h3-4,7-10,13,22H,5-6,11-12,14-15H2,1-2H3. The number of carbonyl (C=O) groups excluding carboxylic acids is 1. The molecule has 5 heteroatoms. The van der Waals surface area contributed by atoms with Gasteiger partial charge in [-0.25, -0.2) is 4.79 Å². The van der Waals surface area contributed by atoms with Gasteiger partial charge in [-0.2, -0.15) is 0 Å². The molecule has 1 aliphatic rings. The minimum Gasteiger partial charge on any atom is -0.496 e. The van der Waals surface area contributed by atoms with Crippen molar-refractivity contribution in [2.75, 3.05) is 20.8 Å². The van der Waals surface area contributed by atoms with Gasteiger partial charge >= 0.3 is 5.97 Å². The first-order valence-electron chi connectivity index (χ1n) is 9.06. The van der Waals surface area contributed by atoms with E-state index in [-0.39, 0.29) is 11.4 Å². The number of nitrogens with zero attached hydrogens (tertiary/aromatic N) is 1. The van der Waals surface area contributed by atoms with Crippen molar-refractivity contribution < 1.29 is 14.3 Å². The Morgan fingerprint density at radius 2 is 1.92 bits per heavy atom. The minimum atomic E-state index is -0.363. The fourth-order valence-corrected chi connectivity index (χ4v) is 3.87. The number of aromatic nitrogens is 1. The summed E-state index contributed by atoms with van der Waals surface area (Å²) in [5.74, 6) is 0.606. The second-order valence-corrected chi connectivity index (χ2v) is 6.82. The molecule has 0 saturated heterocycles.